The van der Waals surface area contributed by atoms with Gasteiger partial charge in [-0.1, -0.05) is 18.2 Å². The number of urea groups is 1. The average molecular weight is 262 g/mol. The van der Waals surface area contributed by atoms with Crippen LogP contribution in [0.15, 0.2) is 24.8 Å². The molecule has 1 saturated heterocycles. The summed E-state index contributed by atoms with van der Waals surface area (Å²) >= 11 is 0. The molecule has 1 heterocycles. The highest BCUT2D eigenvalue weighted by atomic mass is 16.2. The van der Waals surface area contributed by atoms with Crippen LogP contribution < -0.4 is 0 Å². The molecule has 0 radical (unpaired) electrons. The summed E-state index contributed by atoms with van der Waals surface area (Å²) in [5, 5.41) is 0. The minimum Gasteiger partial charge on any atom is -0.273 e. The predicted molar refractivity (Wildman–Crippen MR) is 70.0 cm³/mol. The Hall–Kier alpha value is -1.91. The third kappa shape index (κ3) is 1.72. The van der Waals surface area contributed by atoms with Crippen molar-refractivity contribution in [1.82, 2.24) is 9.80 Å². The lowest BCUT2D eigenvalue weighted by Crippen LogP contribution is -2.64. The maximum atomic E-state index is 12.6. The van der Waals surface area contributed by atoms with Crippen molar-refractivity contribution in [2.75, 3.05) is 14.1 Å². The molecule has 0 bridgehead atoms. The van der Waals surface area contributed by atoms with Gasteiger partial charge in [-0.3, -0.25) is 19.4 Å². The van der Waals surface area contributed by atoms with E-state index >= 15 is 0 Å². The van der Waals surface area contributed by atoms with Gasteiger partial charge in [0.2, 0.25) is 11.8 Å². The van der Waals surface area contributed by atoms with E-state index in [9.17, 15) is 14.4 Å². The van der Waals surface area contributed by atoms with E-state index < -0.39 is 23.3 Å². The number of allylic oxidation sites excluding steroid dienone is 3. The van der Waals surface area contributed by atoms with E-state index in [0.29, 0.717) is 0 Å². The minimum absolute atomic E-state index is 0.163. The Morgan fingerprint density at radius 2 is 1.89 bits per heavy atom. The molecule has 1 atom stereocenters. The molecular formula is C14H18N2O3. The summed E-state index contributed by atoms with van der Waals surface area (Å²) in [6.45, 7) is 3.66. The first-order valence-corrected chi connectivity index (χ1v) is 6.34. The molecule has 19 heavy (non-hydrogen) atoms. The van der Waals surface area contributed by atoms with E-state index in [1.54, 1.807) is 6.08 Å². The first kappa shape index (κ1) is 13.5. The summed E-state index contributed by atoms with van der Waals surface area (Å²) < 4.78 is 0. The lowest BCUT2D eigenvalue weighted by Gasteiger charge is -2.44. The van der Waals surface area contributed by atoms with E-state index in [2.05, 4.69) is 6.58 Å². The first-order valence-electron chi connectivity index (χ1n) is 6.34. The Labute approximate surface area is 112 Å². The summed E-state index contributed by atoms with van der Waals surface area (Å²) in [4.78, 5) is 39.0. The zero-order chi connectivity index (χ0) is 14.2. The summed E-state index contributed by atoms with van der Waals surface area (Å²) in [7, 11) is 2.84. The molecule has 102 valence electrons. The van der Waals surface area contributed by atoms with Gasteiger partial charge in [-0.2, -0.15) is 0 Å². The third-order valence-electron chi connectivity index (χ3n) is 4.06. The van der Waals surface area contributed by atoms with Gasteiger partial charge in [0.05, 0.1) is 0 Å². The Morgan fingerprint density at radius 1 is 1.32 bits per heavy atom. The Morgan fingerprint density at radius 3 is 2.32 bits per heavy atom. The fourth-order valence-electron chi connectivity index (χ4n) is 3.00. The summed E-state index contributed by atoms with van der Waals surface area (Å²) in [5.41, 5.74) is -1.20. The third-order valence-corrected chi connectivity index (χ3v) is 4.06. The lowest BCUT2D eigenvalue weighted by molar-refractivity contribution is -0.160. The van der Waals surface area contributed by atoms with Gasteiger partial charge in [0, 0.05) is 20.0 Å². The van der Waals surface area contributed by atoms with Crippen LogP contribution in [0.5, 0.6) is 0 Å². The molecule has 1 aliphatic heterocycles. The Balaban J connectivity index is 2.53. The van der Waals surface area contributed by atoms with Crippen LogP contribution >= 0.6 is 0 Å². The number of hydrogen-bond donors (Lipinski definition) is 0. The van der Waals surface area contributed by atoms with Crippen LogP contribution in [-0.4, -0.2) is 41.7 Å². The lowest BCUT2D eigenvalue weighted by atomic mass is 9.69. The molecule has 1 fully saturated rings. The molecule has 5 nitrogen and oxygen atoms in total. The number of nitrogens with zero attached hydrogens (tertiary/aromatic N) is 2. The van der Waals surface area contributed by atoms with Gasteiger partial charge in [0.15, 0.2) is 0 Å². The van der Waals surface area contributed by atoms with Crippen molar-refractivity contribution in [2.45, 2.75) is 19.3 Å². The predicted octanol–water partition coefficient (Wildman–Crippen LogP) is 1.57. The summed E-state index contributed by atoms with van der Waals surface area (Å²) in [6.07, 6.45) is 7.33. The van der Waals surface area contributed by atoms with E-state index in [4.69, 9.17) is 0 Å². The van der Waals surface area contributed by atoms with Crippen molar-refractivity contribution in [3.8, 4) is 0 Å². The second-order valence-corrected chi connectivity index (χ2v) is 5.09. The quantitative estimate of drug-likeness (QED) is 0.573. The molecule has 4 amide bonds. The van der Waals surface area contributed by atoms with Gasteiger partial charge >= 0.3 is 6.03 Å². The number of barbiturate groups is 1. The maximum absolute atomic E-state index is 12.6. The molecule has 0 spiro atoms. The van der Waals surface area contributed by atoms with Crippen molar-refractivity contribution in [3.05, 3.63) is 24.8 Å². The molecule has 2 rings (SSSR count). The molecule has 0 aromatic rings. The van der Waals surface area contributed by atoms with E-state index in [0.717, 1.165) is 22.6 Å². The largest absolute Gasteiger partial charge is 0.332 e. The SMILES string of the molecule is C=CCC1(C2C=CCC2)C(=O)N(C)C(=O)N(C)C1=O. The molecule has 1 aliphatic carbocycles. The van der Waals surface area contributed by atoms with Crippen molar-refractivity contribution in [2.24, 2.45) is 11.3 Å². The fourth-order valence-corrected chi connectivity index (χ4v) is 3.00. The minimum atomic E-state index is -1.20. The average Bonchev–Trinajstić information content (AvgIpc) is 2.93. The van der Waals surface area contributed by atoms with Crippen LogP contribution in [0, 0.1) is 11.3 Å². The topological polar surface area (TPSA) is 57.7 Å². The standard InChI is InChI=1S/C14H18N2O3/c1-4-9-14(10-7-5-6-8-10)11(17)15(2)13(19)16(3)12(14)18/h4-5,7,10H,1,6,8-9H2,2-3H3. The van der Waals surface area contributed by atoms with Gasteiger partial charge in [0.1, 0.15) is 5.41 Å². The van der Waals surface area contributed by atoms with Crippen LogP contribution in [0.3, 0.4) is 0 Å². The zero-order valence-electron chi connectivity index (χ0n) is 11.3. The van der Waals surface area contributed by atoms with Crippen LogP contribution in [0.1, 0.15) is 19.3 Å². The molecule has 0 aromatic heterocycles. The van der Waals surface area contributed by atoms with E-state index in [1.807, 2.05) is 12.2 Å². The van der Waals surface area contributed by atoms with Crippen LogP contribution in [0.2, 0.25) is 0 Å². The van der Waals surface area contributed by atoms with Crippen molar-refractivity contribution in [3.63, 3.8) is 0 Å². The van der Waals surface area contributed by atoms with E-state index in [-0.39, 0.29) is 12.3 Å². The summed E-state index contributed by atoms with van der Waals surface area (Å²) in [6, 6.07) is -0.573. The molecule has 0 N–H and O–H groups in total. The van der Waals surface area contributed by atoms with E-state index in [1.165, 1.54) is 14.1 Å². The summed E-state index contributed by atoms with van der Waals surface area (Å²) in [5.74, 6) is -1.00. The number of hydrogen-bond acceptors (Lipinski definition) is 3. The number of carbonyl (C=O) groups is 3. The number of amides is 4. The van der Waals surface area contributed by atoms with Crippen molar-refractivity contribution >= 4 is 17.8 Å². The smallest absolute Gasteiger partial charge is 0.273 e. The van der Waals surface area contributed by atoms with Gasteiger partial charge in [-0.05, 0) is 19.3 Å². The van der Waals surface area contributed by atoms with Gasteiger partial charge < -0.3 is 0 Å². The molecular weight excluding hydrogens is 244 g/mol. The molecule has 1 unspecified atom stereocenters. The normalized spacial score (nSPS) is 26.2. The van der Waals surface area contributed by atoms with Crippen molar-refractivity contribution < 1.29 is 14.4 Å². The van der Waals surface area contributed by atoms with Crippen LogP contribution in [0.4, 0.5) is 4.79 Å². The monoisotopic (exact) mass is 262 g/mol. The molecule has 5 heteroatoms. The number of imide groups is 2. The Bertz CT molecular complexity index is 457. The molecule has 0 aromatic carbocycles. The fraction of sp³-hybridized carbons (Fsp3) is 0.500. The highest BCUT2D eigenvalue weighted by molar-refractivity contribution is 6.19. The number of rotatable bonds is 3. The molecule has 2 aliphatic rings. The van der Waals surface area contributed by atoms with Crippen LogP contribution in [-0.2, 0) is 9.59 Å². The zero-order valence-corrected chi connectivity index (χ0v) is 11.3. The molecule has 0 saturated carbocycles. The Kier molecular flexibility index (Phi) is 3.30. The second kappa shape index (κ2) is 4.64. The van der Waals surface area contributed by atoms with Gasteiger partial charge in [-0.25, -0.2) is 4.79 Å². The highest BCUT2D eigenvalue weighted by Gasteiger charge is 2.58. The highest BCUT2D eigenvalue weighted by Crippen LogP contribution is 2.44. The van der Waals surface area contributed by atoms with Crippen molar-refractivity contribution in [1.29, 1.82) is 0 Å². The number of carbonyl (C=O) groups excluding carboxylic acids is 3. The van der Waals surface area contributed by atoms with Crippen LogP contribution in [0.25, 0.3) is 0 Å². The van der Waals surface area contributed by atoms with Gasteiger partial charge in [-0.15, -0.1) is 6.58 Å². The first-order chi connectivity index (χ1) is 8.96. The maximum Gasteiger partial charge on any atom is 0.332 e. The second-order valence-electron chi connectivity index (χ2n) is 5.09. The van der Waals surface area contributed by atoms with Gasteiger partial charge in [0.25, 0.3) is 0 Å².